The minimum atomic E-state index is 0.167. The van der Waals surface area contributed by atoms with Crippen LogP contribution in [-0.4, -0.2) is 29.1 Å². The second kappa shape index (κ2) is 5.98. The van der Waals surface area contributed by atoms with Crippen molar-refractivity contribution >= 4 is 10.9 Å². The van der Waals surface area contributed by atoms with E-state index in [-0.39, 0.29) is 5.41 Å². The summed E-state index contributed by atoms with van der Waals surface area (Å²) in [5.41, 5.74) is 8.74. The summed E-state index contributed by atoms with van der Waals surface area (Å²) in [6.45, 7) is 10.5. The van der Waals surface area contributed by atoms with Crippen LogP contribution in [0.4, 0.5) is 0 Å². The average Bonchev–Trinajstić information content (AvgIpc) is 2.75. The van der Waals surface area contributed by atoms with Crippen molar-refractivity contribution in [2.24, 2.45) is 18.2 Å². The monoisotopic (exact) mass is 273 g/mol. The quantitative estimate of drug-likeness (QED) is 0.878. The fourth-order valence-electron chi connectivity index (χ4n) is 2.74. The van der Waals surface area contributed by atoms with E-state index in [4.69, 9.17) is 5.73 Å². The van der Waals surface area contributed by atoms with Crippen LogP contribution in [0.25, 0.3) is 10.9 Å². The molecule has 0 aliphatic heterocycles. The molecule has 20 heavy (non-hydrogen) atoms. The van der Waals surface area contributed by atoms with E-state index in [0.29, 0.717) is 0 Å². The number of nitrogens with zero attached hydrogens (tertiary/aromatic N) is 2. The molecule has 0 radical (unpaired) electrons. The Bertz CT molecular complexity index is 569. The molecule has 0 bridgehead atoms. The molecule has 1 aromatic carbocycles. The number of aromatic nitrogens is 1. The predicted molar refractivity (Wildman–Crippen MR) is 86.7 cm³/mol. The van der Waals surface area contributed by atoms with Crippen LogP contribution in [0.2, 0.25) is 0 Å². The lowest BCUT2D eigenvalue weighted by Crippen LogP contribution is -2.38. The first-order valence-electron chi connectivity index (χ1n) is 7.42. The van der Waals surface area contributed by atoms with Gasteiger partial charge in [-0.25, -0.2) is 0 Å². The summed E-state index contributed by atoms with van der Waals surface area (Å²) in [5, 5.41) is 1.36. The van der Waals surface area contributed by atoms with E-state index in [1.807, 2.05) is 0 Å². The summed E-state index contributed by atoms with van der Waals surface area (Å²) in [5.74, 6) is 0. The third-order valence-corrected chi connectivity index (χ3v) is 4.02. The number of aryl methyl sites for hydroxylation is 1. The van der Waals surface area contributed by atoms with Gasteiger partial charge < -0.3 is 10.3 Å². The highest BCUT2D eigenvalue weighted by Crippen LogP contribution is 2.23. The first-order valence-corrected chi connectivity index (χ1v) is 7.42. The summed E-state index contributed by atoms with van der Waals surface area (Å²) < 4.78 is 2.21. The minimum Gasteiger partial charge on any atom is -0.350 e. The van der Waals surface area contributed by atoms with Crippen molar-refractivity contribution in [2.75, 3.05) is 19.6 Å². The van der Waals surface area contributed by atoms with Gasteiger partial charge in [-0.1, -0.05) is 39.0 Å². The lowest BCUT2D eigenvalue weighted by Gasteiger charge is -2.30. The molecule has 0 aliphatic rings. The van der Waals surface area contributed by atoms with E-state index in [9.17, 15) is 0 Å². The number of hydrogen-bond acceptors (Lipinski definition) is 2. The van der Waals surface area contributed by atoms with Gasteiger partial charge in [-0.05, 0) is 30.1 Å². The van der Waals surface area contributed by atoms with Crippen molar-refractivity contribution in [3.05, 3.63) is 36.0 Å². The number of hydrogen-bond donors (Lipinski definition) is 1. The predicted octanol–water partition coefficient (Wildman–Crippen LogP) is 2.99. The maximum absolute atomic E-state index is 5.87. The number of para-hydroxylation sites is 1. The molecule has 0 spiro atoms. The largest absolute Gasteiger partial charge is 0.350 e. The molecule has 3 heteroatoms. The molecule has 110 valence electrons. The van der Waals surface area contributed by atoms with Gasteiger partial charge >= 0.3 is 0 Å². The maximum atomic E-state index is 5.87. The standard InChI is InChI=1S/C17H27N3/c1-5-20(13-17(2,3)12-18)11-14-10-19(4)16-9-7-6-8-15(14)16/h6-10H,5,11-13,18H2,1-4H3. The normalized spacial score (nSPS) is 12.5. The highest BCUT2D eigenvalue weighted by molar-refractivity contribution is 5.83. The molecule has 0 fully saturated rings. The molecular formula is C17H27N3. The average molecular weight is 273 g/mol. The Hall–Kier alpha value is -1.32. The molecule has 3 nitrogen and oxygen atoms in total. The fraction of sp³-hybridized carbons (Fsp3) is 0.529. The highest BCUT2D eigenvalue weighted by Gasteiger charge is 2.20. The van der Waals surface area contributed by atoms with Crippen LogP contribution >= 0.6 is 0 Å². The first-order chi connectivity index (χ1) is 9.46. The third-order valence-electron chi connectivity index (χ3n) is 4.02. The number of benzene rings is 1. The second-order valence-corrected chi connectivity index (χ2v) is 6.45. The zero-order valence-electron chi connectivity index (χ0n) is 13.2. The smallest absolute Gasteiger partial charge is 0.0481 e. The van der Waals surface area contributed by atoms with E-state index in [2.05, 4.69) is 67.7 Å². The van der Waals surface area contributed by atoms with Gasteiger partial charge in [0.05, 0.1) is 0 Å². The zero-order chi connectivity index (χ0) is 14.8. The number of fused-ring (bicyclic) bond motifs is 1. The molecule has 0 saturated heterocycles. The molecule has 0 aliphatic carbocycles. The van der Waals surface area contributed by atoms with Gasteiger partial charge in [-0.15, -0.1) is 0 Å². The van der Waals surface area contributed by atoms with Crippen molar-refractivity contribution in [1.82, 2.24) is 9.47 Å². The Morgan fingerprint density at radius 2 is 1.95 bits per heavy atom. The van der Waals surface area contributed by atoms with Crippen LogP contribution in [0, 0.1) is 5.41 Å². The van der Waals surface area contributed by atoms with Crippen LogP contribution < -0.4 is 5.73 Å². The van der Waals surface area contributed by atoms with Crippen molar-refractivity contribution in [2.45, 2.75) is 27.3 Å². The van der Waals surface area contributed by atoms with Gasteiger partial charge in [-0.3, -0.25) is 4.90 Å². The van der Waals surface area contributed by atoms with E-state index in [1.165, 1.54) is 16.5 Å². The zero-order valence-corrected chi connectivity index (χ0v) is 13.2. The molecule has 1 aromatic heterocycles. The molecule has 2 aromatic rings. The molecular weight excluding hydrogens is 246 g/mol. The highest BCUT2D eigenvalue weighted by atomic mass is 15.1. The van der Waals surface area contributed by atoms with Crippen molar-refractivity contribution in [3.8, 4) is 0 Å². The van der Waals surface area contributed by atoms with Gasteiger partial charge in [0.25, 0.3) is 0 Å². The van der Waals surface area contributed by atoms with Crippen molar-refractivity contribution in [1.29, 1.82) is 0 Å². The van der Waals surface area contributed by atoms with Crippen molar-refractivity contribution < 1.29 is 0 Å². The van der Waals surface area contributed by atoms with Gasteiger partial charge in [0, 0.05) is 37.2 Å². The number of rotatable bonds is 6. The summed E-state index contributed by atoms with van der Waals surface area (Å²) >= 11 is 0. The van der Waals surface area contributed by atoms with Crippen LogP contribution in [0.3, 0.4) is 0 Å². The molecule has 2 rings (SSSR count). The Balaban J connectivity index is 2.22. The third kappa shape index (κ3) is 3.22. The Morgan fingerprint density at radius 1 is 1.25 bits per heavy atom. The molecule has 2 N–H and O–H groups in total. The van der Waals surface area contributed by atoms with Gasteiger partial charge in [-0.2, -0.15) is 0 Å². The summed E-state index contributed by atoms with van der Waals surface area (Å²) in [7, 11) is 2.12. The molecule has 0 amide bonds. The lowest BCUT2D eigenvalue weighted by molar-refractivity contribution is 0.184. The van der Waals surface area contributed by atoms with E-state index >= 15 is 0 Å². The maximum Gasteiger partial charge on any atom is 0.0481 e. The van der Waals surface area contributed by atoms with Crippen LogP contribution in [0.5, 0.6) is 0 Å². The van der Waals surface area contributed by atoms with E-state index < -0.39 is 0 Å². The van der Waals surface area contributed by atoms with E-state index in [1.54, 1.807) is 0 Å². The van der Waals surface area contributed by atoms with Gasteiger partial charge in [0.2, 0.25) is 0 Å². The summed E-state index contributed by atoms with van der Waals surface area (Å²) in [4.78, 5) is 2.48. The molecule has 0 saturated carbocycles. The Kier molecular flexibility index (Phi) is 4.51. The summed E-state index contributed by atoms with van der Waals surface area (Å²) in [6.07, 6.45) is 2.25. The number of nitrogens with two attached hydrogens (primary N) is 1. The second-order valence-electron chi connectivity index (χ2n) is 6.45. The van der Waals surface area contributed by atoms with Crippen LogP contribution in [0.1, 0.15) is 26.3 Å². The molecule has 0 unspecified atom stereocenters. The van der Waals surface area contributed by atoms with Gasteiger partial charge in [0.15, 0.2) is 0 Å². The minimum absolute atomic E-state index is 0.167. The first kappa shape index (κ1) is 15.1. The van der Waals surface area contributed by atoms with E-state index in [0.717, 1.165) is 26.2 Å². The fourth-order valence-corrected chi connectivity index (χ4v) is 2.74. The lowest BCUT2D eigenvalue weighted by atomic mass is 9.93. The Morgan fingerprint density at radius 3 is 2.60 bits per heavy atom. The molecule has 0 atom stereocenters. The Labute approximate surface area is 122 Å². The topological polar surface area (TPSA) is 34.2 Å². The van der Waals surface area contributed by atoms with Gasteiger partial charge in [0.1, 0.15) is 0 Å². The van der Waals surface area contributed by atoms with Crippen LogP contribution in [0.15, 0.2) is 30.5 Å². The van der Waals surface area contributed by atoms with Crippen molar-refractivity contribution in [3.63, 3.8) is 0 Å². The molecule has 1 heterocycles. The SMILES string of the molecule is CCN(Cc1cn(C)c2ccccc12)CC(C)(C)CN. The van der Waals surface area contributed by atoms with Crippen LogP contribution in [-0.2, 0) is 13.6 Å². The summed E-state index contributed by atoms with van der Waals surface area (Å²) in [6, 6.07) is 8.61.